The Balaban J connectivity index is 1.58. The number of anilines is 1. The predicted molar refractivity (Wildman–Crippen MR) is 126 cm³/mol. The van der Waals surface area contributed by atoms with Gasteiger partial charge in [0.1, 0.15) is 0 Å². The van der Waals surface area contributed by atoms with E-state index in [-0.39, 0.29) is 23.6 Å². The molecule has 3 rings (SSSR count). The van der Waals surface area contributed by atoms with Crippen LogP contribution in [-0.4, -0.2) is 31.2 Å². The maximum absolute atomic E-state index is 12.5. The van der Waals surface area contributed by atoms with Gasteiger partial charge in [0.25, 0.3) is 0 Å². The number of aryl methyl sites for hydroxylation is 2. The van der Waals surface area contributed by atoms with E-state index in [0.717, 1.165) is 31.9 Å². The number of hydrogen-bond donors (Lipinski definition) is 0. The lowest BCUT2D eigenvalue weighted by molar-refractivity contribution is -0.144. The van der Waals surface area contributed by atoms with Crippen molar-refractivity contribution in [2.45, 2.75) is 38.0 Å². The van der Waals surface area contributed by atoms with E-state index in [9.17, 15) is 9.59 Å². The van der Waals surface area contributed by atoms with Crippen LogP contribution in [0.1, 0.15) is 30.5 Å². The van der Waals surface area contributed by atoms with Gasteiger partial charge in [0.2, 0.25) is 0 Å². The Labute approximate surface area is 190 Å². The number of nitrogens with zero attached hydrogens (tertiary/aromatic N) is 1. The SMILES string of the molecule is Cc1cc(SCC(=O)OCC(=O)C=C2N(C)c3ccccc3C2(C)C)c(C)cc1Br. The minimum absolute atomic E-state index is 0.169. The highest BCUT2D eigenvalue weighted by Crippen LogP contribution is 2.46. The van der Waals surface area contributed by atoms with Crippen LogP contribution in [0, 0.1) is 13.8 Å². The second-order valence-corrected chi connectivity index (χ2v) is 9.88. The summed E-state index contributed by atoms with van der Waals surface area (Å²) in [5, 5.41) is 0. The number of fused-ring (bicyclic) bond motifs is 1. The number of allylic oxidation sites excluding steroid dienone is 1. The number of thioether (sulfide) groups is 1. The molecular weight excluding hydrogens is 462 g/mol. The smallest absolute Gasteiger partial charge is 0.316 e. The Hall–Kier alpha value is -2.05. The zero-order valence-corrected chi connectivity index (χ0v) is 20.3. The number of esters is 1. The Kier molecular flexibility index (Phi) is 6.78. The normalized spacial score (nSPS) is 15.9. The standard InChI is InChI=1S/C24H26BrNO3S/c1-15-11-21(16(2)10-19(15)25)30-14-23(28)29-13-17(27)12-22-24(3,4)18-8-6-7-9-20(18)26(22)5/h6-12H,13-14H2,1-5H3. The molecule has 0 amide bonds. The van der Waals surface area contributed by atoms with Gasteiger partial charge in [-0.25, -0.2) is 0 Å². The van der Waals surface area contributed by atoms with E-state index in [1.807, 2.05) is 56.1 Å². The largest absolute Gasteiger partial charge is 0.457 e. The van der Waals surface area contributed by atoms with E-state index in [4.69, 9.17) is 4.74 Å². The monoisotopic (exact) mass is 487 g/mol. The molecule has 0 bridgehead atoms. The van der Waals surface area contributed by atoms with Crippen LogP contribution in [0.15, 0.2) is 57.5 Å². The molecule has 0 N–H and O–H groups in total. The highest BCUT2D eigenvalue weighted by Gasteiger charge is 2.38. The van der Waals surface area contributed by atoms with Crippen LogP contribution in [-0.2, 0) is 19.7 Å². The van der Waals surface area contributed by atoms with Crippen molar-refractivity contribution in [3.8, 4) is 0 Å². The quantitative estimate of drug-likeness (QED) is 0.302. The van der Waals surface area contributed by atoms with Gasteiger partial charge >= 0.3 is 5.97 Å². The Bertz CT molecular complexity index is 1030. The van der Waals surface area contributed by atoms with E-state index < -0.39 is 5.97 Å². The molecule has 30 heavy (non-hydrogen) atoms. The van der Waals surface area contributed by atoms with Crippen molar-refractivity contribution >= 4 is 45.1 Å². The maximum atomic E-state index is 12.5. The molecule has 0 spiro atoms. The first-order valence-corrected chi connectivity index (χ1v) is 11.5. The number of ketones is 1. The lowest BCUT2D eigenvalue weighted by Crippen LogP contribution is -2.25. The molecule has 4 nitrogen and oxygen atoms in total. The molecule has 0 saturated heterocycles. The summed E-state index contributed by atoms with van der Waals surface area (Å²) < 4.78 is 6.28. The lowest BCUT2D eigenvalue weighted by Gasteiger charge is -2.23. The second kappa shape index (κ2) is 8.98. The van der Waals surface area contributed by atoms with Crippen LogP contribution < -0.4 is 4.90 Å². The van der Waals surface area contributed by atoms with Crippen LogP contribution in [0.4, 0.5) is 5.69 Å². The number of carbonyl (C=O) groups is 2. The summed E-state index contributed by atoms with van der Waals surface area (Å²) in [4.78, 5) is 27.7. The van der Waals surface area contributed by atoms with Crippen LogP contribution >= 0.6 is 27.7 Å². The summed E-state index contributed by atoms with van der Waals surface area (Å²) >= 11 is 4.94. The van der Waals surface area contributed by atoms with Gasteiger partial charge in [-0.2, -0.15) is 0 Å². The topological polar surface area (TPSA) is 46.6 Å². The second-order valence-electron chi connectivity index (χ2n) is 8.01. The van der Waals surface area contributed by atoms with Gasteiger partial charge < -0.3 is 9.64 Å². The molecule has 0 aliphatic carbocycles. The number of carbonyl (C=O) groups excluding carboxylic acids is 2. The Morgan fingerprint density at radius 1 is 1.17 bits per heavy atom. The fraction of sp³-hybridized carbons (Fsp3) is 0.333. The van der Waals surface area contributed by atoms with Crippen LogP contribution in [0.2, 0.25) is 0 Å². The van der Waals surface area contributed by atoms with Crippen LogP contribution in [0.25, 0.3) is 0 Å². The molecule has 0 atom stereocenters. The highest BCUT2D eigenvalue weighted by atomic mass is 79.9. The summed E-state index contributed by atoms with van der Waals surface area (Å²) in [6, 6.07) is 12.2. The van der Waals surface area contributed by atoms with Gasteiger partial charge in [0, 0.05) is 39.3 Å². The third-order valence-electron chi connectivity index (χ3n) is 5.42. The molecule has 0 fully saturated rings. The van der Waals surface area contributed by atoms with Crippen molar-refractivity contribution < 1.29 is 14.3 Å². The molecule has 6 heteroatoms. The summed E-state index contributed by atoms with van der Waals surface area (Å²) in [5.41, 5.74) is 5.10. The minimum atomic E-state index is -0.394. The highest BCUT2D eigenvalue weighted by molar-refractivity contribution is 9.10. The Morgan fingerprint density at radius 3 is 2.57 bits per heavy atom. The average Bonchev–Trinajstić information content (AvgIpc) is 2.89. The zero-order valence-electron chi connectivity index (χ0n) is 17.9. The molecule has 0 unspecified atom stereocenters. The molecule has 0 saturated carbocycles. The summed E-state index contributed by atoms with van der Waals surface area (Å²) in [7, 11) is 1.96. The number of ether oxygens (including phenoxy) is 1. The van der Waals surface area contributed by atoms with Crippen molar-refractivity contribution in [2.24, 2.45) is 0 Å². The molecule has 2 aromatic carbocycles. The van der Waals surface area contributed by atoms with Gasteiger partial charge in [-0.05, 0) is 48.7 Å². The van der Waals surface area contributed by atoms with Crippen LogP contribution in [0.5, 0.6) is 0 Å². The number of rotatable bonds is 6. The summed E-state index contributed by atoms with van der Waals surface area (Å²) in [5.74, 6) is -0.441. The zero-order chi connectivity index (χ0) is 22.1. The average molecular weight is 488 g/mol. The van der Waals surface area contributed by atoms with Crippen molar-refractivity contribution in [1.82, 2.24) is 0 Å². The molecule has 0 radical (unpaired) electrons. The predicted octanol–water partition coefficient (Wildman–Crippen LogP) is 5.58. The fourth-order valence-corrected chi connectivity index (χ4v) is 5.05. The van der Waals surface area contributed by atoms with Crippen molar-refractivity contribution in [2.75, 3.05) is 24.3 Å². The van der Waals surface area contributed by atoms with E-state index in [1.165, 1.54) is 17.3 Å². The van der Waals surface area contributed by atoms with E-state index >= 15 is 0 Å². The minimum Gasteiger partial charge on any atom is -0.457 e. The van der Waals surface area contributed by atoms with Gasteiger partial charge in [0.05, 0.1) is 5.75 Å². The number of halogens is 1. The van der Waals surface area contributed by atoms with Crippen molar-refractivity contribution in [3.05, 3.63) is 69.3 Å². The number of para-hydroxylation sites is 1. The molecule has 2 aromatic rings. The number of benzene rings is 2. The number of hydrogen-bond acceptors (Lipinski definition) is 5. The third-order valence-corrected chi connectivity index (χ3v) is 7.40. The van der Waals surface area contributed by atoms with Gasteiger partial charge in [-0.15, -0.1) is 11.8 Å². The molecule has 1 aliphatic heterocycles. The number of likely N-dealkylation sites (N-methyl/N-ethyl adjacent to an activating group) is 1. The first-order valence-electron chi connectivity index (χ1n) is 9.74. The maximum Gasteiger partial charge on any atom is 0.316 e. The first kappa shape index (κ1) is 22.6. The van der Waals surface area contributed by atoms with Gasteiger partial charge in [0.15, 0.2) is 12.4 Å². The van der Waals surface area contributed by atoms with E-state index in [0.29, 0.717) is 0 Å². The molecular formula is C24H26BrNO3S. The molecule has 0 aromatic heterocycles. The molecule has 1 aliphatic rings. The van der Waals surface area contributed by atoms with E-state index in [2.05, 4.69) is 35.8 Å². The molecule has 1 heterocycles. The van der Waals surface area contributed by atoms with Crippen molar-refractivity contribution in [3.63, 3.8) is 0 Å². The fourth-order valence-electron chi connectivity index (χ4n) is 3.69. The third kappa shape index (κ3) is 4.65. The Morgan fingerprint density at radius 2 is 1.87 bits per heavy atom. The lowest BCUT2D eigenvalue weighted by atomic mass is 9.83. The van der Waals surface area contributed by atoms with Crippen molar-refractivity contribution in [1.29, 1.82) is 0 Å². The molecule has 158 valence electrons. The summed E-state index contributed by atoms with van der Waals surface area (Å²) in [6.45, 7) is 7.96. The first-order chi connectivity index (χ1) is 14.1. The van der Waals surface area contributed by atoms with Gasteiger partial charge in [-0.3, -0.25) is 9.59 Å². The van der Waals surface area contributed by atoms with E-state index in [1.54, 1.807) is 6.08 Å². The van der Waals surface area contributed by atoms with Gasteiger partial charge in [-0.1, -0.05) is 48.0 Å². The summed E-state index contributed by atoms with van der Waals surface area (Å²) in [6.07, 6.45) is 1.60. The van der Waals surface area contributed by atoms with Crippen LogP contribution in [0.3, 0.4) is 0 Å².